The number of carbonyl (C=O) groups excluding carboxylic acids is 1. The zero-order valence-electron chi connectivity index (χ0n) is 31.1. The number of carbonyl (C=O) groups is 1. The zero-order valence-corrected chi connectivity index (χ0v) is 31.1. The Morgan fingerprint density at radius 1 is 0.816 bits per heavy atom. The van der Waals surface area contributed by atoms with Crippen LogP contribution in [-0.4, -0.2) is 30.3 Å². The number of hydrogen-bond donors (Lipinski definition) is 0. The van der Waals surface area contributed by atoms with Crippen LogP contribution in [-0.2, 0) is 4.74 Å². The number of rotatable bonds is 15. The fraction of sp³-hybridized carbons (Fsp3) is 0.682. The second-order valence-corrected chi connectivity index (χ2v) is 17.0. The molecule has 1 aromatic heterocycles. The summed E-state index contributed by atoms with van der Waals surface area (Å²) in [5.41, 5.74) is 2.96. The largest absolute Gasteiger partial charge is 0.494 e. The van der Waals surface area contributed by atoms with Gasteiger partial charge in [0.2, 0.25) is 0 Å². The highest BCUT2D eigenvalue weighted by Gasteiger charge is 2.59. The molecule has 4 aliphatic rings. The summed E-state index contributed by atoms with van der Waals surface area (Å²) < 4.78 is 17.8. The van der Waals surface area contributed by atoms with Gasteiger partial charge in [-0.05, 0) is 147 Å². The van der Waals surface area contributed by atoms with Crippen molar-refractivity contribution in [1.29, 1.82) is 0 Å². The molecule has 1 aromatic carbocycles. The first-order valence-corrected chi connectivity index (χ1v) is 19.8. The van der Waals surface area contributed by atoms with Gasteiger partial charge in [-0.15, -0.1) is 0 Å². The highest BCUT2D eigenvalue weighted by Crippen LogP contribution is 2.67. The summed E-state index contributed by atoms with van der Waals surface area (Å²) in [6.45, 7) is 13.9. The number of allylic oxidation sites excluding steroid dienone is 1. The van der Waals surface area contributed by atoms with Crippen molar-refractivity contribution in [3.8, 4) is 11.5 Å². The smallest absolute Gasteiger partial charge is 0.338 e. The van der Waals surface area contributed by atoms with Gasteiger partial charge in [0, 0.05) is 18.8 Å². The van der Waals surface area contributed by atoms with Gasteiger partial charge in [0.1, 0.15) is 17.6 Å². The fourth-order valence-electron chi connectivity index (χ4n) is 10.9. The van der Waals surface area contributed by atoms with Crippen LogP contribution < -0.4 is 9.47 Å². The zero-order chi connectivity index (χ0) is 34.4. The summed E-state index contributed by atoms with van der Waals surface area (Å²) in [7, 11) is 0. The minimum absolute atomic E-state index is 0.0294. The second kappa shape index (κ2) is 16.0. The van der Waals surface area contributed by atoms with Crippen LogP contribution in [0.1, 0.15) is 135 Å². The maximum atomic E-state index is 13.2. The van der Waals surface area contributed by atoms with Crippen molar-refractivity contribution in [2.24, 2.45) is 46.3 Å². The molecular formula is C44H63NO4. The first kappa shape index (κ1) is 36.0. The van der Waals surface area contributed by atoms with Crippen LogP contribution in [0.3, 0.4) is 0 Å². The molecule has 49 heavy (non-hydrogen) atoms. The molecule has 268 valence electrons. The summed E-state index contributed by atoms with van der Waals surface area (Å²) in [6, 6.07) is 11.2. The van der Waals surface area contributed by atoms with Crippen LogP contribution in [0.2, 0.25) is 0 Å². The molecule has 0 saturated heterocycles. The first-order chi connectivity index (χ1) is 23.7. The monoisotopic (exact) mass is 669 g/mol. The van der Waals surface area contributed by atoms with E-state index >= 15 is 0 Å². The van der Waals surface area contributed by atoms with Gasteiger partial charge in [0.05, 0.1) is 18.8 Å². The van der Waals surface area contributed by atoms with Crippen LogP contribution in [0, 0.1) is 46.3 Å². The summed E-state index contributed by atoms with van der Waals surface area (Å²) in [5.74, 6) is 6.49. The van der Waals surface area contributed by atoms with Gasteiger partial charge in [-0.1, -0.05) is 65.5 Å². The van der Waals surface area contributed by atoms with Gasteiger partial charge in [-0.2, -0.15) is 0 Å². The molecule has 0 amide bonds. The Kier molecular flexibility index (Phi) is 11.8. The van der Waals surface area contributed by atoms with Crippen molar-refractivity contribution in [1.82, 2.24) is 4.98 Å². The van der Waals surface area contributed by atoms with E-state index in [1.165, 1.54) is 51.4 Å². The Morgan fingerprint density at radius 3 is 2.24 bits per heavy atom. The molecule has 0 bridgehead atoms. The van der Waals surface area contributed by atoms with Gasteiger partial charge in [-0.25, -0.2) is 4.79 Å². The molecule has 3 saturated carbocycles. The van der Waals surface area contributed by atoms with Crippen molar-refractivity contribution in [2.45, 2.75) is 131 Å². The predicted octanol–water partition coefficient (Wildman–Crippen LogP) is 11.3. The number of fused-ring (bicyclic) bond motifs is 5. The van der Waals surface area contributed by atoms with Gasteiger partial charge in [0.25, 0.3) is 0 Å². The number of hydrogen-bond acceptors (Lipinski definition) is 5. The van der Waals surface area contributed by atoms with E-state index in [4.69, 9.17) is 14.2 Å². The highest BCUT2D eigenvalue weighted by molar-refractivity contribution is 5.89. The number of ether oxygens (including phenoxy) is 3. The lowest BCUT2D eigenvalue weighted by Gasteiger charge is -2.58. The first-order valence-electron chi connectivity index (χ1n) is 19.8. The average Bonchev–Trinajstić information content (AvgIpc) is 3.46. The van der Waals surface area contributed by atoms with Crippen molar-refractivity contribution in [3.05, 3.63) is 66.0 Å². The maximum Gasteiger partial charge on any atom is 0.338 e. The van der Waals surface area contributed by atoms with Crippen molar-refractivity contribution < 1.29 is 19.0 Å². The third-order valence-electron chi connectivity index (χ3n) is 13.6. The number of pyridine rings is 1. The molecule has 5 nitrogen and oxygen atoms in total. The van der Waals surface area contributed by atoms with Crippen LogP contribution in [0.15, 0.2) is 60.4 Å². The molecule has 1 heterocycles. The minimum atomic E-state index is -0.211. The standard InChI is InChI=1S/C44H63NO4/c1-31(2)10-9-11-32(3)39-18-19-40-38-17-14-34-30-37(20-24-43(34,4)41(38)21-25-44(39,40)5)49-42(46)33-12-15-35(16-13-33)47-28-7-6-8-29-48-36-22-26-45-27-23-36/h12-16,22-23,26-27,31-32,37-41H,6-11,17-21,24-25,28-30H2,1-5H3/t32-,37+,38+,39-,40+,41+,43+,44-/m1/s1. The lowest BCUT2D eigenvalue weighted by atomic mass is 9.47. The number of benzene rings is 1. The number of esters is 1. The molecule has 2 aromatic rings. The predicted molar refractivity (Wildman–Crippen MR) is 198 cm³/mol. The van der Waals surface area contributed by atoms with Crippen LogP contribution in [0.4, 0.5) is 0 Å². The molecule has 8 atom stereocenters. The minimum Gasteiger partial charge on any atom is -0.494 e. The molecule has 0 radical (unpaired) electrons. The van der Waals surface area contributed by atoms with E-state index in [9.17, 15) is 4.79 Å². The molecule has 6 rings (SSSR count). The summed E-state index contributed by atoms with van der Waals surface area (Å²) >= 11 is 0. The van der Waals surface area contributed by atoms with Crippen LogP contribution in [0.5, 0.6) is 11.5 Å². The number of aromatic nitrogens is 1. The summed E-state index contributed by atoms with van der Waals surface area (Å²) in [5, 5.41) is 0. The topological polar surface area (TPSA) is 57.7 Å². The lowest BCUT2D eigenvalue weighted by molar-refractivity contribution is -0.0594. The Morgan fingerprint density at radius 2 is 1.53 bits per heavy atom. The van der Waals surface area contributed by atoms with E-state index in [0.29, 0.717) is 24.2 Å². The van der Waals surface area contributed by atoms with Crippen molar-refractivity contribution in [2.75, 3.05) is 13.2 Å². The Labute approximate surface area is 297 Å². The van der Waals surface area contributed by atoms with Crippen molar-refractivity contribution >= 4 is 5.97 Å². The van der Waals surface area contributed by atoms with Gasteiger partial charge in [0.15, 0.2) is 0 Å². The van der Waals surface area contributed by atoms with Crippen molar-refractivity contribution in [3.63, 3.8) is 0 Å². The van der Waals surface area contributed by atoms with Crippen LogP contribution in [0.25, 0.3) is 0 Å². The highest BCUT2D eigenvalue weighted by atomic mass is 16.5. The SMILES string of the molecule is CC(C)CCC[C@@H](C)[C@H]1CC[C@H]2[C@@H]3CC=C4C[C@@H](OC(=O)c5ccc(OCCCCCOc6ccncc6)cc5)CC[C@]4(C)[C@H]3CC[C@]12C. The van der Waals surface area contributed by atoms with E-state index in [0.717, 1.165) is 85.5 Å². The average molecular weight is 670 g/mol. The third kappa shape index (κ3) is 8.23. The second-order valence-electron chi connectivity index (χ2n) is 17.0. The van der Waals surface area contributed by atoms with Crippen LogP contribution >= 0.6 is 0 Å². The quantitative estimate of drug-likeness (QED) is 0.107. The van der Waals surface area contributed by atoms with E-state index in [-0.39, 0.29) is 17.5 Å². The Hall–Kier alpha value is -2.82. The molecule has 0 aliphatic heterocycles. The molecule has 4 aliphatic carbocycles. The van der Waals surface area contributed by atoms with Gasteiger partial charge >= 0.3 is 5.97 Å². The molecular weight excluding hydrogens is 606 g/mol. The molecule has 0 unspecified atom stereocenters. The summed E-state index contributed by atoms with van der Waals surface area (Å²) in [6.07, 6.45) is 23.1. The third-order valence-corrected chi connectivity index (χ3v) is 13.6. The van der Waals surface area contributed by atoms with Gasteiger partial charge < -0.3 is 14.2 Å². The fourth-order valence-corrected chi connectivity index (χ4v) is 10.9. The molecule has 3 fully saturated rings. The van der Waals surface area contributed by atoms with E-state index in [1.54, 1.807) is 18.0 Å². The Bertz CT molecular complexity index is 1390. The summed E-state index contributed by atoms with van der Waals surface area (Å²) in [4.78, 5) is 17.2. The molecule has 0 N–H and O–H groups in total. The van der Waals surface area contributed by atoms with E-state index in [2.05, 4.69) is 45.7 Å². The van der Waals surface area contributed by atoms with Gasteiger partial charge in [-0.3, -0.25) is 4.98 Å². The molecule has 0 spiro atoms. The lowest BCUT2D eigenvalue weighted by Crippen LogP contribution is -2.51. The van der Waals surface area contributed by atoms with E-state index in [1.807, 2.05) is 36.4 Å². The normalized spacial score (nSPS) is 31.2. The number of unbranched alkanes of at least 4 members (excludes halogenated alkanes) is 2. The maximum absolute atomic E-state index is 13.2. The Balaban J connectivity index is 0.953. The molecule has 5 heteroatoms. The van der Waals surface area contributed by atoms with E-state index < -0.39 is 0 Å². The number of nitrogens with zero attached hydrogens (tertiary/aromatic N) is 1.